The summed E-state index contributed by atoms with van der Waals surface area (Å²) in [6.45, 7) is 5.80. The average Bonchev–Trinajstić information content (AvgIpc) is 2.37. The van der Waals surface area contributed by atoms with Crippen molar-refractivity contribution in [1.29, 1.82) is 0 Å². The maximum Gasteiger partial charge on any atom is 0.237 e. The van der Waals surface area contributed by atoms with E-state index in [1.165, 1.54) is 0 Å². The van der Waals surface area contributed by atoms with Crippen LogP contribution in [0.1, 0.15) is 32.4 Å². The lowest BCUT2D eigenvalue weighted by Gasteiger charge is -2.29. The van der Waals surface area contributed by atoms with Crippen LogP contribution < -0.4 is 5.32 Å². The minimum atomic E-state index is -0.763. The fourth-order valence-corrected chi connectivity index (χ4v) is 2.60. The molecule has 0 saturated carbocycles. The molecular formula is C16H25ClN2O2. The maximum atomic E-state index is 12.3. The Morgan fingerprint density at radius 2 is 1.71 bits per heavy atom. The van der Waals surface area contributed by atoms with Gasteiger partial charge in [-0.05, 0) is 44.6 Å². The number of nitrogens with zero attached hydrogens (tertiary/aromatic N) is 1. The number of aliphatic hydroxyl groups excluding tert-OH is 1. The summed E-state index contributed by atoms with van der Waals surface area (Å²) < 4.78 is 0. The largest absolute Gasteiger partial charge is 0.386 e. The van der Waals surface area contributed by atoms with Gasteiger partial charge in [0.25, 0.3) is 0 Å². The molecule has 4 nitrogen and oxygen atoms in total. The van der Waals surface area contributed by atoms with Gasteiger partial charge in [0, 0.05) is 5.02 Å². The lowest BCUT2D eigenvalue weighted by Crippen LogP contribution is -2.50. The van der Waals surface area contributed by atoms with Gasteiger partial charge in [-0.3, -0.25) is 9.69 Å². The molecule has 0 aliphatic heterocycles. The molecule has 0 heterocycles. The Labute approximate surface area is 132 Å². The third-order valence-electron chi connectivity index (χ3n) is 3.51. The third kappa shape index (κ3) is 4.99. The number of hydrogen-bond donors (Lipinski definition) is 2. The molecule has 118 valence electrons. The summed E-state index contributed by atoms with van der Waals surface area (Å²) in [5, 5.41) is 13.8. The van der Waals surface area contributed by atoms with E-state index in [4.69, 9.17) is 11.6 Å². The fraction of sp³-hybridized carbons (Fsp3) is 0.562. The van der Waals surface area contributed by atoms with Crippen molar-refractivity contribution in [2.75, 3.05) is 14.1 Å². The molecule has 1 amide bonds. The normalized spacial score (nSPS) is 15.9. The molecule has 2 N–H and O–H groups in total. The van der Waals surface area contributed by atoms with Crippen LogP contribution in [-0.4, -0.2) is 42.1 Å². The van der Waals surface area contributed by atoms with Crippen molar-refractivity contribution in [3.05, 3.63) is 34.9 Å². The SMILES string of the molecule is CC(C)C(C(=O)NC(C)C(O)c1ccc(Cl)cc1)N(C)C. The zero-order chi connectivity index (χ0) is 16.2. The van der Waals surface area contributed by atoms with Crippen molar-refractivity contribution >= 4 is 17.5 Å². The Balaban J connectivity index is 2.73. The number of rotatable bonds is 6. The van der Waals surface area contributed by atoms with Gasteiger partial charge >= 0.3 is 0 Å². The van der Waals surface area contributed by atoms with E-state index < -0.39 is 6.10 Å². The summed E-state index contributed by atoms with van der Waals surface area (Å²) in [4.78, 5) is 14.2. The second-order valence-electron chi connectivity index (χ2n) is 5.95. The Hall–Kier alpha value is -1.10. The standard InChI is InChI=1S/C16H25ClN2O2/c1-10(2)14(19(4)5)16(21)18-11(3)15(20)12-6-8-13(17)9-7-12/h6-11,14-15,20H,1-5H3,(H,18,21). The lowest BCUT2D eigenvalue weighted by molar-refractivity contribution is -0.128. The highest BCUT2D eigenvalue weighted by Crippen LogP contribution is 2.19. The van der Waals surface area contributed by atoms with E-state index in [1.54, 1.807) is 31.2 Å². The monoisotopic (exact) mass is 312 g/mol. The Morgan fingerprint density at radius 1 is 1.19 bits per heavy atom. The Kier molecular flexibility index (Phi) is 6.65. The van der Waals surface area contributed by atoms with Gasteiger partial charge in [-0.25, -0.2) is 0 Å². The van der Waals surface area contributed by atoms with Gasteiger partial charge in [-0.15, -0.1) is 0 Å². The first kappa shape index (κ1) is 18.0. The number of amides is 1. The number of carbonyl (C=O) groups excluding carboxylic acids is 1. The van der Waals surface area contributed by atoms with E-state index >= 15 is 0 Å². The molecule has 0 aliphatic rings. The summed E-state index contributed by atoms with van der Waals surface area (Å²) >= 11 is 5.83. The molecular weight excluding hydrogens is 288 g/mol. The van der Waals surface area contributed by atoms with Crippen LogP contribution in [0.5, 0.6) is 0 Å². The first-order chi connectivity index (χ1) is 9.73. The summed E-state index contributed by atoms with van der Waals surface area (Å²) in [5.41, 5.74) is 0.734. The highest BCUT2D eigenvalue weighted by molar-refractivity contribution is 6.30. The van der Waals surface area contributed by atoms with Crippen LogP contribution in [0.4, 0.5) is 0 Å². The number of benzene rings is 1. The maximum absolute atomic E-state index is 12.3. The second kappa shape index (κ2) is 7.78. The van der Waals surface area contributed by atoms with Crippen LogP contribution in [-0.2, 0) is 4.79 Å². The zero-order valence-electron chi connectivity index (χ0n) is 13.3. The lowest BCUT2D eigenvalue weighted by atomic mass is 10.00. The fourth-order valence-electron chi connectivity index (χ4n) is 2.47. The van der Waals surface area contributed by atoms with Crippen LogP contribution >= 0.6 is 11.6 Å². The van der Waals surface area contributed by atoms with E-state index in [-0.39, 0.29) is 23.9 Å². The number of likely N-dealkylation sites (N-methyl/N-ethyl adjacent to an activating group) is 1. The van der Waals surface area contributed by atoms with E-state index in [9.17, 15) is 9.90 Å². The molecule has 0 spiro atoms. The summed E-state index contributed by atoms with van der Waals surface area (Å²) in [5.74, 6) is 0.121. The van der Waals surface area contributed by atoms with Crippen molar-refractivity contribution in [2.24, 2.45) is 5.92 Å². The van der Waals surface area contributed by atoms with Crippen LogP contribution in [0, 0.1) is 5.92 Å². The first-order valence-corrected chi connectivity index (χ1v) is 7.52. The molecule has 3 unspecified atom stereocenters. The van der Waals surface area contributed by atoms with Gasteiger partial charge in [0.2, 0.25) is 5.91 Å². The number of halogens is 1. The Morgan fingerprint density at radius 3 is 2.14 bits per heavy atom. The van der Waals surface area contributed by atoms with Gasteiger partial charge in [-0.2, -0.15) is 0 Å². The van der Waals surface area contributed by atoms with Gasteiger partial charge in [0.15, 0.2) is 0 Å². The third-order valence-corrected chi connectivity index (χ3v) is 3.76. The van der Waals surface area contributed by atoms with E-state index in [0.29, 0.717) is 5.02 Å². The molecule has 1 rings (SSSR count). The zero-order valence-corrected chi connectivity index (χ0v) is 14.1. The minimum absolute atomic E-state index is 0.0736. The topological polar surface area (TPSA) is 52.6 Å². The minimum Gasteiger partial charge on any atom is -0.386 e. The van der Waals surface area contributed by atoms with Crippen molar-refractivity contribution in [1.82, 2.24) is 10.2 Å². The van der Waals surface area contributed by atoms with Crippen molar-refractivity contribution in [3.63, 3.8) is 0 Å². The molecule has 3 atom stereocenters. The Bertz CT molecular complexity index is 452. The quantitative estimate of drug-likeness (QED) is 0.848. The molecule has 0 saturated heterocycles. The predicted molar refractivity (Wildman–Crippen MR) is 86.3 cm³/mol. The molecule has 0 aromatic heterocycles. The highest BCUT2D eigenvalue weighted by Gasteiger charge is 2.27. The average molecular weight is 313 g/mol. The van der Waals surface area contributed by atoms with Crippen LogP contribution in [0.15, 0.2) is 24.3 Å². The highest BCUT2D eigenvalue weighted by atomic mass is 35.5. The summed E-state index contributed by atoms with van der Waals surface area (Å²) in [6, 6.07) is 6.39. The molecule has 0 radical (unpaired) electrons. The van der Waals surface area contributed by atoms with Crippen molar-refractivity contribution < 1.29 is 9.90 Å². The van der Waals surface area contributed by atoms with Crippen LogP contribution in [0.2, 0.25) is 5.02 Å². The first-order valence-electron chi connectivity index (χ1n) is 7.14. The number of nitrogens with one attached hydrogen (secondary N) is 1. The van der Waals surface area contributed by atoms with Crippen molar-refractivity contribution in [2.45, 2.75) is 39.0 Å². The van der Waals surface area contributed by atoms with E-state index in [1.807, 2.05) is 32.8 Å². The van der Waals surface area contributed by atoms with Gasteiger partial charge < -0.3 is 10.4 Å². The van der Waals surface area contributed by atoms with Gasteiger partial charge in [-0.1, -0.05) is 37.6 Å². The number of aliphatic hydroxyl groups is 1. The van der Waals surface area contributed by atoms with E-state index in [2.05, 4.69) is 5.32 Å². The van der Waals surface area contributed by atoms with Crippen LogP contribution in [0.3, 0.4) is 0 Å². The molecule has 0 aliphatic carbocycles. The van der Waals surface area contributed by atoms with Crippen LogP contribution in [0.25, 0.3) is 0 Å². The molecule has 1 aromatic rings. The molecule has 5 heteroatoms. The number of hydrogen-bond acceptors (Lipinski definition) is 3. The molecule has 1 aromatic carbocycles. The van der Waals surface area contributed by atoms with Gasteiger partial charge in [0.05, 0.1) is 18.2 Å². The summed E-state index contributed by atoms with van der Waals surface area (Å²) in [7, 11) is 3.76. The predicted octanol–water partition coefficient (Wildman–Crippen LogP) is 2.46. The van der Waals surface area contributed by atoms with Crippen molar-refractivity contribution in [3.8, 4) is 0 Å². The number of carbonyl (C=O) groups is 1. The smallest absolute Gasteiger partial charge is 0.237 e. The van der Waals surface area contributed by atoms with E-state index in [0.717, 1.165) is 5.56 Å². The van der Waals surface area contributed by atoms with Gasteiger partial charge in [0.1, 0.15) is 0 Å². The molecule has 0 bridgehead atoms. The molecule has 21 heavy (non-hydrogen) atoms. The molecule has 0 fully saturated rings. The second-order valence-corrected chi connectivity index (χ2v) is 6.38. The summed E-state index contributed by atoms with van der Waals surface area (Å²) in [6.07, 6.45) is -0.763.